The number of aryl methyl sites for hydroxylation is 2. The number of rotatable bonds is 4. The van der Waals surface area contributed by atoms with E-state index in [1.54, 1.807) is 20.9 Å². The van der Waals surface area contributed by atoms with Crippen molar-refractivity contribution in [2.45, 2.75) is 26.3 Å². The zero-order chi connectivity index (χ0) is 15.7. The lowest BCUT2D eigenvalue weighted by Crippen LogP contribution is -2.40. The minimum absolute atomic E-state index is 0.224. The van der Waals surface area contributed by atoms with E-state index in [2.05, 4.69) is 10.3 Å². The zero-order valence-corrected chi connectivity index (χ0v) is 12.7. The van der Waals surface area contributed by atoms with E-state index in [9.17, 15) is 14.4 Å². The molecule has 0 spiro atoms. The first kappa shape index (κ1) is 15.2. The van der Waals surface area contributed by atoms with Crippen molar-refractivity contribution in [1.29, 1.82) is 0 Å². The molecular weight excluding hydrogens is 294 g/mol. The van der Waals surface area contributed by atoms with Crippen molar-refractivity contribution in [2.24, 2.45) is 7.05 Å². The quantitative estimate of drug-likeness (QED) is 0.873. The summed E-state index contributed by atoms with van der Waals surface area (Å²) >= 11 is 1.09. The highest BCUT2D eigenvalue weighted by atomic mass is 32.1. The maximum Gasteiger partial charge on any atom is 0.326 e. The molecule has 0 saturated carbocycles. The Bertz CT molecular complexity index is 778. The summed E-state index contributed by atoms with van der Waals surface area (Å²) in [4.78, 5) is 40.2. The van der Waals surface area contributed by atoms with Crippen molar-refractivity contribution >= 4 is 33.4 Å². The predicted molar refractivity (Wildman–Crippen MR) is 78.8 cm³/mol. The Morgan fingerprint density at radius 1 is 1.52 bits per heavy atom. The highest BCUT2D eigenvalue weighted by molar-refractivity contribution is 7.20. The Kier molecular flexibility index (Phi) is 4.08. The third-order valence-corrected chi connectivity index (χ3v) is 4.43. The first-order valence-corrected chi connectivity index (χ1v) is 7.16. The van der Waals surface area contributed by atoms with Gasteiger partial charge < -0.3 is 15.0 Å². The second-order valence-corrected chi connectivity index (χ2v) is 5.67. The molecule has 2 aromatic rings. The molecule has 0 saturated heterocycles. The van der Waals surface area contributed by atoms with Gasteiger partial charge >= 0.3 is 5.97 Å². The maximum atomic E-state index is 12.2. The average Bonchev–Trinajstić information content (AvgIpc) is 2.77. The second kappa shape index (κ2) is 5.65. The first-order valence-electron chi connectivity index (χ1n) is 6.35. The lowest BCUT2D eigenvalue weighted by atomic mass is 10.2. The lowest BCUT2D eigenvalue weighted by molar-refractivity contribution is -0.139. The van der Waals surface area contributed by atoms with Gasteiger partial charge in [-0.3, -0.25) is 9.59 Å². The van der Waals surface area contributed by atoms with Gasteiger partial charge in [0.25, 0.3) is 11.5 Å². The van der Waals surface area contributed by atoms with Crippen LogP contribution in [0.2, 0.25) is 0 Å². The fourth-order valence-corrected chi connectivity index (χ4v) is 3.03. The van der Waals surface area contributed by atoms with Crippen molar-refractivity contribution in [3.63, 3.8) is 0 Å². The normalized spacial score (nSPS) is 12.3. The van der Waals surface area contributed by atoms with Gasteiger partial charge in [0.1, 0.15) is 10.9 Å². The Labute approximate surface area is 124 Å². The van der Waals surface area contributed by atoms with Gasteiger partial charge in [-0.2, -0.15) is 0 Å². The predicted octanol–water partition coefficient (Wildman–Crippen LogP) is 0.896. The standard InChI is InChI=1S/C13H15N3O4S/c1-4-7(13(19)20)15-10(17)9-6(2)8-11(21-9)14-5-16(3)12(8)18/h5,7H,4H2,1-3H3,(H,15,17)(H,19,20). The minimum Gasteiger partial charge on any atom is -0.480 e. The van der Waals surface area contributed by atoms with Crippen molar-refractivity contribution in [3.05, 3.63) is 27.1 Å². The third-order valence-electron chi connectivity index (χ3n) is 3.23. The van der Waals surface area contributed by atoms with Gasteiger partial charge in [-0.15, -0.1) is 11.3 Å². The largest absolute Gasteiger partial charge is 0.480 e. The Morgan fingerprint density at radius 3 is 2.76 bits per heavy atom. The van der Waals surface area contributed by atoms with Crippen LogP contribution in [-0.2, 0) is 11.8 Å². The molecule has 7 nitrogen and oxygen atoms in total. The van der Waals surface area contributed by atoms with Crippen LogP contribution in [-0.4, -0.2) is 32.6 Å². The highest BCUT2D eigenvalue weighted by Gasteiger charge is 2.23. The Morgan fingerprint density at radius 2 is 2.19 bits per heavy atom. The summed E-state index contributed by atoms with van der Waals surface area (Å²) in [7, 11) is 1.59. The molecular formula is C13H15N3O4S. The van der Waals surface area contributed by atoms with Gasteiger partial charge in [0.2, 0.25) is 0 Å². The number of carboxylic acid groups (broad SMARTS) is 1. The molecule has 0 aliphatic rings. The topological polar surface area (TPSA) is 101 Å². The lowest BCUT2D eigenvalue weighted by Gasteiger charge is -2.11. The zero-order valence-electron chi connectivity index (χ0n) is 11.8. The third kappa shape index (κ3) is 2.66. The summed E-state index contributed by atoms with van der Waals surface area (Å²) in [5.41, 5.74) is 0.305. The molecule has 1 atom stereocenters. The van der Waals surface area contributed by atoms with Crippen molar-refractivity contribution in [1.82, 2.24) is 14.9 Å². The molecule has 2 aromatic heterocycles. The molecule has 112 valence electrons. The Hall–Kier alpha value is -2.22. The van der Waals surface area contributed by atoms with Crippen molar-refractivity contribution < 1.29 is 14.7 Å². The van der Waals surface area contributed by atoms with Gasteiger partial charge in [0, 0.05) is 7.05 Å². The van der Waals surface area contributed by atoms with E-state index in [4.69, 9.17) is 5.11 Å². The molecule has 0 radical (unpaired) electrons. The number of nitrogens with one attached hydrogen (secondary N) is 1. The van der Waals surface area contributed by atoms with Crippen LogP contribution in [0.1, 0.15) is 28.6 Å². The molecule has 2 heterocycles. The number of hydrogen-bond donors (Lipinski definition) is 2. The van der Waals surface area contributed by atoms with Gasteiger partial charge in [0.15, 0.2) is 0 Å². The van der Waals surface area contributed by atoms with Crippen LogP contribution in [0.3, 0.4) is 0 Å². The van der Waals surface area contributed by atoms with Gasteiger partial charge in [0.05, 0.1) is 16.6 Å². The summed E-state index contributed by atoms with van der Waals surface area (Å²) in [6, 6.07) is -0.946. The van der Waals surface area contributed by atoms with Crippen LogP contribution in [0.4, 0.5) is 0 Å². The summed E-state index contributed by atoms with van der Waals surface area (Å²) in [5, 5.41) is 11.8. The molecule has 2 rings (SSSR count). The van der Waals surface area contributed by atoms with Crippen molar-refractivity contribution in [2.75, 3.05) is 0 Å². The number of carbonyl (C=O) groups is 2. The number of hydrogen-bond acceptors (Lipinski definition) is 5. The number of carbonyl (C=O) groups excluding carboxylic acids is 1. The van der Waals surface area contributed by atoms with Crippen LogP contribution in [0.15, 0.2) is 11.1 Å². The second-order valence-electron chi connectivity index (χ2n) is 4.67. The molecule has 0 aliphatic heterocycles. The molecule has 2 N–H and O–H groups in total. The fraction of sp³-hybridized carbons (Fsp3) is 0.385. The molecule has 21 heavy (non-hydrogen) atoms. The minimum atomic E-state index is -1.08. The van der Waals surface area contributed by atoms with E-state index < -0.39 is 17.9 Å². The molecule has 0 fully saturated rings. The van der Waals surface area contributed by atoms with Gasteiger partial charge in [-0.05, 0) is 18.9 Å². The maximum absolute atomic E-state index is 12.2. The number of amides is 1. The van der Waals surface area contributed by atoms with Crippen LogP contribution < -0.4 is 10.9 Å². The van der Waals surface area contributed by atoms with Crippen molar-refractivity contribution in [3.8, 4) is 0 Å². The summed E-state index contributed by atoms with van der Waals surface area (Å²) < 4.78 is 1.34. The fourth-order valence-electron chi connectivity index (χ4n) is 1.99. The number of aliphatic carboxylic acids is 1. The van der Waals surface area contributed by atoms with E-state index in [0.717, 1.165) is 11.3 Å². The smallest absolute Gasteiger partial charge is 0.326 e. The van der Waals surface area contributed by atoms with Crippen LogP contribution >= 0.6 is 11.3 Å². The SMILES string of the molecule is CCC(NC(=O)c1sc2ncn(C)c(=O)c2c1C)C(=O)O. The van der Waals surface area contributed by atoms with Crippen LogP contribution in [0, 0.1) is 6.92 Å². The van der Waals surface area contributed by atoms with E-state index in [-0.39, 0.29) is 12.0 Å². The molecule has 0 aliphatic carbocycles. The molecule has 1 amide bonds. The summed E-state index contributed by atoms with van der Waals surface area (Å²) in [6.45, 7) is 3.34. The van der Waals surface area contributed by atoms with E-state index in [1.165, 1.54) is 10.9 Å². The van der Waals surface area contributed by atoms with Gasteiger partial charge in [-0.25, -0.2) is 9.78 Å². The van der Waals surface area contributed by atoms with E-state index in [1.807, 2.05) is 0 Å². The number of fused-ring (bicyclic) bond motifs is 1. The van der Waals surface area contributed by atoms with Crippen LogP contribution in [0.25, 0.3) is 10.2 Å². The van der Waals surface area contributed by atoms with E-state index >= 15 is 0 Å². The van der Waals surface area contributed by atoms with Gasteiger partial charge in [-0.1, -0.05) is 6.92 Å². The average molecular weight is 309 g/mol. The number of aromatic nitrogens is 2. The monoisotopic (exact) mass is 309 g/mol. The summed E-state index contributed by atoms with van der Waals surface area (Å²) in [5.74, 6) is -1.58. The van der Waals surface area contributed by atoms with E-state index in [0.29, 0.717) is 20.7 Å². The molecule has 8 heteroatoms. The Balaban J connectivity index is 2.46. The number of thiophene rings is 1. The molecule has 1 unspecified atom stereocenters. The summed E-state index contributed by atoms with van der Waals surface area (Å²) in [6.07, 6.45) is 1.68. The number of nitrogens with zero attached hydrogens (tertiary/aromatic N) is 2. The van der Waals surface area contributed by atoms with Crippen LogP contribution in [0.5, 0.6) is 0 Å². The highest BCUT2D eigenvalue weighted by Crippen LogP contribution is 2.26. The molecule has 0 bridgehead atoms. The number of carboxylic acids is 1. The first-order chi connectivity index (χ1) is 9.86. The molecule has 0 aromatic carbocycles.